The number of hydrogen-bond acceptors (Lipinski definition) is 6. The fourth-order valence-corrected chi connectivity index (χ4v) is 4.76. The Bertz CT molecular complexity index is 1490. The highest BCUT2D eigenvalue weighted by atomic mass is 79.9. The maximum Gasteiger partial charge on any atom is 0.270 e. The number of rotatable bonds is 7. The second-order valence-electron chi connectivity index (χ2n) is 7.84. The van der Waals surface area contributed by atoms with Crippen molar-refractivity contribution in [3.63, 3.8) is 0 Å². The van der Waals surface area contributed by atoms with Gasteiger partial charge in [-0.3, -0.25) is 14.9 Å². The van der Waals surface area contributed by atoms with Gasteiger partial charge >= 0.3 is 0 Å². The van der Waals surface area contributed by atoms with E-state index in [4.69, 9.17) is 4.98 Å². The minimum Gasteiger partial charge on any atom is -0.324 e. The molecule has 1 aromatic heterocycles. The standard InChI is InChI=1S/C27H19BrN4O3S/c1-17-7-9-18(10-8-17)21-14-25(19-5-3-2-4-6-19)31-27(22(21)15-29)36-16-26(33)30-24-12-11-20(32(34)35)13-23(24)28/h2-14H,16H2,1H3,(H,30,33). The van der Waals surface area contributed by atoms with Crippen molar-refractivity contribution in [2.45, 2.75) is 11.9 Å². The molecule has 1 amide bonds. The maximum absolute atomic E-state index is 12.7. The van der Waals surface area contributed by atoms with Gasteiger partial charge in [0.1, 0.15) is 11.1 Å². The van der Waals surface area contributed by atoms with Crippen LogP contribution >= 0.6 is 27.7 Å². The number of nitriles is 1. The zero-order chi connectivity index (χ0) is 25.7. The van der Waals surface area contributed by atoms with Crippen LogP contribution in [0.15, 0.2) is 88.4 Å². The van der Waals surface area contributed by atoms with E-state index >= 15 is 0 Å². The number of halogens is 1. The fourth-order valence-electron chi connectivity index (χ4n) is 3.49. The molecule has 0 aliphatic carbocycles. The predicted molar refractivity (Wildman–Crippen MR) is 145 cm³/mol. The molecule has 0 atom stereocenters. The van der Waals surface area contributed by atoms with E-state index in [0.29, 0.717) is 26.4 Å². The number of anilines is 1. The average Bonchev–Trinajstić information content (AvgIpc) is 2.89. The third-order valence-corrected chi connectivity index (χ3v) is 6.94. The van der Waals surface area contributed by atoms with Gasteiger partial charge in [0.25, 0.3) is 5.69 Å². The van der Waals surface area contributed by atoms with Gasteiger partial charge in [0.05, 0.1) is 27.6 Å². The van der Waals surface area contributed by atoms with Crippen LogP contribution in [0.25, 0.3) is 22.4 Å². The Balaban J connectivity index is 1.64. The molecule has 0 saturated carbocycles. The number of aromatic nitrogens is 1. The molecule has 0 spiro atoms. The highest BCUT2D eigenvalue weighted by Gasteiger charge is 2.18. The van der Waals surface area contributed by atoms with Crippen LogP contribution in [-0.4, -0.2) is 21.6 Å². The van der Waals surface area contributed by atoms with Crippen LogP contribution < -0.4 is 5.32 Å². The van der Waals surface area contributed by atoms with E-state index in [1.807, 2.05) is 67.6 Å². The second kappa shape index (κ2) is 11.2. The monoisotopic (exact) mass is 558 g/mol. The fraction of sp³-hybridized carbons (Fsp3) is 0.0741. The van der Waals surface area contributed by atoms with Crippen LogP contribution in [0.1, 0.15) is 11.1 Å². The summed E-state index contributed by atoms with van der Waals surface area (Å²) in [6.45, 7) is 2.00. The third-order valence-electron chi connectivity index (χ3n) is 5.31. The van der Waals surface area contributed by atoms with Crippen LogP contribution in [-0.2, 0) is 4.79 Å². The highest BCUT2D eigenvalue weighted by Crippen LogP contribution is 2.34. The molecular weight excluding hydrogens is 540 g/mol. The molecule has 0 fully saturated rings. The summed E-state index contributed by atoms with van der Waals surface area (Å²) < 4.78 is 0.402. The number of aryl methyl sites for hydroxylation is 1. The number of nitrogens with one attached hydrogen (secondary N) is 1. The van der Waals surface area contributed by atoms with E-state index < -0.39 is 4.92 Å². The summed E-state index contributed by atoms with van der Waals surface area (Å²) in [5.41, 5.74) is 5.07. The Labute approximate surface area is 220 Å². The molecule has 178 valence electrons. The van der Waals surface area contributed by atoms with Crippen LogP contribution in [0, 0.1) is 28.4 Å². The molecule has 4 rings (SSSR count). The molecule has 0 saturated heterocycles. The summed E-state index contributed by atoms with van der Waals surface area (Å²) in [5.74, 6) is -0.335. The lowest BCUT2D eigenvalue weighted by Gasteiger charge is -2.13. The molecule has 36 heavy (non-hydrogen) atoms. The van der Waals surface area contributed by atoms with E-state index in [0.717, 1.165) is 34.0 Å². The Morgan fingerprint density at radius 3 is 2.44 bits per heavy atom. The number of amides is 1. The quantitative estimate of drug-likeness (QED) is 0.148. The third kappa shape index (κ3) is 5.79. The molecule has 9 heteroatoms. The van der Waals surface area contributed by atoms with Gasteiger partial charge in [0.2, 0.25) is 5.91 Å². The topological polar surface area (TPSA) is 109 Å². The lowest BCUT2D eigenvalue weighted by molar-refractivity contribution is -0.384. The number of benzene rings is 3. The van der Waals surface area contributed by atoms with Crippen molar-refractivity contribution < 1.29 is 9.72 Å². The molecule has 1 N–H and O–H groups in total. The number of nitro benzene ring substituents is 1. The molecule has 0 unspecified atom stereocenters. The Hall–Kier alpha value is -4.00. The number of pyridine rings is 1. The van der Waals surface area contributed by atoms with Crippen LogP contribution in [0.4, 0.5) is 11.4 Å². The van der Waals surface area contributed by atoms with E-state index in [9.17, 15) is 20.2 Å². The van der Waals surface area contributed by atoms with Gasteiger partial charge in [-0.2, -0.15) is 5.26 Å². The number of carbonyl (C=O) groups is 1. The van der Waals surface area contributed by atoms with Crippen LogP contribution in [0.3, 0.4) is 0 Å². The van der Waals surface area contributed by atoms with E-state index in [1.54, 1.807) is 0 Å². The minimum absolute atomic E-state index is 0.00329. The first-order valence-corrected chi connectivity index (χ1v) is 12.6. The van der Waals surface area contributed by atoms with Crippen molar-refractivity contribution >= 4 is 45.0 Å². The van der Waals surface area contributed by atoms with Gasteiger partial charge in [-0.15, -0.1) is 0 Å². The average molecular weight is 559 g/mol. The summed E-state index contributed by atoms with van der Waals surface area (Å²) in [5, 5.41) is 24.2. The van der Waals surface area contributed by atoms with Crippen molar-refractivity contribution in [3.05, 3.63) is 105 Å². The lowest BCUT2D eigenvalue weighted by atomic mass is 9.98. The number of non-ortho nitro benzene ring substituents is 1. The molecular formula is C27H19BrN4O3S. The summed E-state index contributed by atoms with van der Waals surface area (Å²) in [6, 6.07) is 25.8. The molecule has 1 heterocycles. The predicted octanol–water partition coefficient (Wildman–Crippen LogP) is 7.00. The van der Waals surface area contributed by atoms with Gasteiger partial charge in [-0.05, 0) is 40.5 Å². The Morgan fingerprint density at radius 1 is 1.08 bits per heavy atom. The first-order valence-electron chi connectivity index (χ1n) is 10.8. The molecule has 0 radical (unpaired) electrons. The number of hydrogen-bond donors (Lipinski definition) is 1. The zero-order valence-corrected chi connectivity index (χ0v) is 21.5. The number of thioether (sulfide) groups is 1. The van der Waals surface area contributed by atoms with E-state index in [-0.39, 0.29) is 17.3 Å². The number of nitro groups is 1. The summed E-state index contributed by atoms with van der Waals surface area (Å²) >= 11 is 4.42. The van der Waals surface area contributed by atoms with Crippen molar-refractivity contribution in [1.29, 1.82) is 5.26 Å². The first kappa shape index (κ1) is 25.1. The van der Waals surface area contributed by atoms with Crippen molar-refractivity contribution in [2.24, 2.45) is 0 Å². The molecule has 0 bridgehead atoms. The second-order valence-corrected chi connectivity index (χ2v) is 9.66. The maximum atomic E-state index is 12.7. The summed E-state index contributed by atoms with van der Waals surface area (Å²) in [4.78, 5) is 27.9. The summed E-state index contributed by atoms with van der Waals surface area (Å²) in [6.07, 6.45) is 0. The Morgan fingerprint density at radius 2 is 1.81 bits per heavy atom. The van der Waals surface area contributed by atoms with E-state index in [1.165, 1.54) is 18.2 Å². The molecule has 0 aliphatic heterocycles. The lowest BCUT2D eigenvalue weighted by Crippen LogP contribution is -2.14. The molecule has 0 aliphatic rings. The smallest absolute Gasteiger partial charge is 0.270 e. The highest BCUT2D eigenvalue weighted by molar-refractivity contribution is 9.10. The number of carbonyl (C=O) groups excluding carboxylic acids is 1. The van der Waals surface area contributed by atoms with Gasteiger partial charge in [0, 0.05) is 27.7 Å². The van der Waals surface area contributed by atoms with Crippen LogP contribution in [0.2, 0.25) is 0 Å². The van der Waals surface area contributed by atoms with Crippen LogP contribution in [0.5, 0.6) is 0 Å². The van der Waals surface area contributed by atoms with Gasteiger partial charge in [-0.25, -0.2) is 4.98 Å². The summed E-state index contributed by atoms with van der Waals surface area (Å²) in [7, 11) is 0. The van der Waals surface area contributed by atoms with Crippen molar-refractivity contribution in [1.82, 2.24) is 4.98 Å². The normalized spacial score (nSPS) is 10.5. The molecule has 3 aromatic carbocycles. The SMILES string of the molecule is Cc1ccc(-c2cc(-c3ccccc3)nc(SCC(=O)Nc3ccc([N+](=O)[O-])cc3Br)c2C#N)cc1. The first-order chi connectivity index (χ1) is 17.4. The number of nitrogens with zero attached hydrogens (tertiary/aromatic N) is 3. The van der Waals surface area contributed by atoms with Gasteiger partial charge < -0.3 is 5.32 Å². The van der Waals surface area contributed by atoms with E-state index in [2.05, 4.69) is 27.3 Å². The van der Waals surface area contributed by atoms with Gasteiger partial charge in [-0.1, -0.05) is 71.9 Å². The van der Waals surface area contributed by atoms with Gasteiger partial charge in [0.15, 0.2) is 0 Å². The van der Waals surface area contributed by atoms with Crippen molar-refractivity contribution in [2.75, 3.05) is 11.1 Å². The molecule has 4 aromatic rings. The Kier molecular flexibility index (Phi) is 7.78. The molecule has 7 nitrogen and oxygen atoms in total. The van der Waals surface area contributed by atoms with Crippen molar-refractivity contribution in [3.8, 4) is 28.5 Å². The zero-order valence-electron chi connectivity index (χ0n) is 19.1. The largest absolute Gasteiger partial charge is 0.324 e. The minimum atomic E-state index is -0.507.